The number of anilines is 1. The molecule has 1 amide bonds. The second-order valence-electron chi connectivity index (χ2n) is 6.47. The zero-order valence-electron chi connectivity index (χ0n) is 17.1. The summed E-state index contributed by atoms with van der Waals surface area (Å²) in [5.74, 6) is 1.88. The van der Waals surface area contributed by atoms with Crippen LogP contribution in [-0.2, 0) is 4.79 Å². The lowest BCUT2D eigenvalue weighted by molar-refractivity contribution is -0.112. The maximum absolute atomic E-state index is 12.6. The van der Waals surface area contributed by atoms with Gasteiger partial charge in [0.1, 0.15) is 24.9 Å². The fourth-order valence-corrected chi connectivity index (χ4v) is 2.85. The molecule has 1 heterocycles. The van der Waals surface area contributed by atoms with E-state index >= 15 is 0 Å². The first-order valence-corrected chi connectivity index (χ1v) is 9.87. The van der Waals surface area contributed by atoms with E-state index in [1.54, 1.807) is 36.4 Å². The molecule has 0 radical (unpaired) electrons. The summed E-state index contributed by atoms with van der Waals surface area (Å²) in [6.07, 6.45) is 2.39. The fraction of sp³-hybridized carbons (Fsp3) is 0.304. The average molecular weight is 408 g/mol. The highest BCUT2D eigenvalue weighted by atomic mass is 16.6. The van der Waals surface area contributed by atoms with Gasteiger partial charge in [0, 0.05) is 11.8 Å². The first-order chi connectivity index (χ1) is 14.6. The summed E-state index contributed by atoms with van der Waals surface area (Å²) < 4.78 is 22.3. The highest BCUT2D eigenvalue weighted by molar-refractivity contribution is 6.09. The van der Waals surface area contributed by atoms with Crippen LogP contribution >= 0.6 is 0 Å². The van der Waals surface area contributed by atoms with Crippen LogP contribution in [0.5, 0.6) is 23.0 Å². The van der Waals surface area contributed by atoms with Crippen molar-refractivity contribution < 1.29 is 23.7 Å². The quantitative estimate of drug-likeness (QED) is 0.520. The Labute approximate surface area is 175 Å². The van der Waals surface area contributed by atoms with Gasteiger partial charge in [-0.25, -0.2) is 0 Å². The summed E-state index contributed by atoms with van der Waals surface area (Å²) in [6, 6.07) is 12.4. The fourth-order valence-electron chi connectivity index (χ4n) is 2.85. The minimum Gasteiger partial charge on any atom is -0.490 e. The second-order valence-corrected chi connectivity index (χ2v) is 6.47. The number of fused-ring (bicyclic) bond motifs is 1. The Morgan fingerprint density at radius 2 is 1.90 bits per heavy atom. The van der Waals surface area contributed by atoms with Crippen LogP contribution in [0.4, 0.5) is 5.69 Å². The van der Waals surface area contributed by atoms with E-state index in [-0.39, 0.29) is 5.57 Å². The van der Waals surface area contributed by atoms with Crippen molar-refractivity contribution in [1.82, 2.24) is 0 Å². The van der Waals surface area contributed by atoms with Crippen LogP contribution in [0.3, 0.4) is 0 Å². The van der Waals surface area contributed by atoms with Gasteiger partial charge in [-0.3, -0.25) is 4.79 Å². The Hall–Kier alpha value is -3.66. The molecule has 3 rings (SSSR count). The molecule has 0 bridgehead atoms. The van der Waals surface area contributed by atoms with Gasteiger partial charge in [0.05, 0.1) is 13.2 Å². The minimum atomic E-state index is -0.515. The topological polar surface area (TPSA) is 89.8 Å². The summed E-state index contributed by atoms with van der Waals surface area (Å²) in [4.78, 5) is 12.6. The number of hydrogen-bond acceptors (Lipinski definition) is 6. The SMILES string of the molecule is CCCOc1ccc(/C=C(\C#N)C(=O)Nc2ccc3c(c2)OCCO3)cc1OCC. The zero-order valence-corrected chi connectivity index (χ0v) is 17.1. The number of rotatable bonds is 8. The van der Waals surface area contributed by atoms with Crippen molar-refractivity contribution in [2.24, 2.45) is 0 Å². The molecule has 0 saturated carbocycles. The Morgan fingerprint density at radius 1 is 1.10 bits per heavy atom. The highest BCUT2D eigenvalue weighted by Crippen LogP contribution is 2.33. The monoisotopic (exact) mass is 408 g/mol. The first kappa shape index (κ1) is 21.1. The van der Waals surface area contributed by atoms with Crippen LogP contribution < -0.4 is 24.3 Å². The molecule has 0 fully saturated rings. The summed E-state index contributed by atoms with van der Waals surface area (Å²) in [5.41, 5.74) is 1.15. The Kier molecular flexibility index (Phi) is 7.17. The summed E-state index contributed by atoms with van der Waals surface area (Å²) in [7, 11) is 0. The predicted molar refractivity (Wildman–Crippen MR) is 113 cm³/mol. The summed E-state index contributed by atoms with van der Waals surface area (Å²) in [6.45, 7) is 5.91. The third-order valence-electron chi connectivity index (χ3n) is 4.21. The smallest absolute Gasteiger partial charge is 0.266 e. The minimum absolute atomic E-state index is 0.0328. The van der Waals surface area contributed by atoms with Crippen LogP contribution in [-0.4, -0.2) is 32.3 Å². The van der Waals surface area contributed by atoms with Crippen molar-refractivity contribution in [2.75, 3.05) is 31.7 Å². The molecule has 7 nitrogen and oxygen atoms in total. The number of nitriles is 1. The molecule has 0 saturated heterocycles. The molecule has 1 aliphatic rings. The number of nitrogens with one attached hydrogen (secondary N) is 1. The third-order valence-corrected chi connectivity index (χ3v) is 4.21. The molecule has 1 aliphatic heterocycles. The van der Waals surface area contributed by atoms with Crippen molar-refractivity contribution in [2.45, 2.75) is 20.3 Å². The van der Waals surface area contributed by atoms with E-state index < -0.39 is 5.91 Å². The van der Waals surface area contributed by atoms with Crippen molar-refractivity contribution >= 4 is 17.7 Å². The number of nitrogens with zero attached hydrogens (tertiary/aromatic N) is 1. The molecule has 30 heavy (non-hydrogen) atoms. The van der Waals surface area contributed by atoms with Gasteiger partial charge in [-0.2, -0.15) is 5.26 Å². The summed E-state index contributed by atoms with van der Waals surface area (Å²) >= 11 is 0. The van der Waals surface area contributed by atoms with Gasteiger partial charge in [-0.1, -0.05) is 13.0 Å². The number of benzene rings is 2. The van der Waals surface area contributed by atoms with Gasteiger partial charge in [0.2, 0.25) is 0 Å². The Bertz CT molecular complexity index is 978. The number of amides is 1. The van der Waals surface area contributed by atoms with Crippen LogP contribution in [0.1, 0.15) is 25.8 Å². The molecule has 1 N–H and O–H groups in total. The van der Waals surface area contributed by atoms with Crippen molar-refractivity contribution in [3.05, 3.63) is 47.5 Å². The van der Waals surface area contributed by atoms with Crippen LogP contribution in [0, 0.1) is 11.3 Å². The average Bonchev–Trinajstić information content (AvgIpc) is 2.77. The van der Waals surface area contributed by atoms with E-state index in [4.69, 9.17) is 18.9 Å². The number of hydrogen-bond donors (Lipinski definition) is 1. The molecule has 0 atom stereocenters. The van der Waals surface area contributed by atoms with Crippen molar-refractivity contribution in [3.8, 4) is 29.1 Å². The molecular weight excluding hydrogens is 384 g/mol. The lowest BCUT2D eigenvalue weighted by Gasteiger charge is -2.18. The van der Waals surface area contributed by atoms with E-state index in [2.05, 4.69) is 5.32 Å². The van der Waals surface area contributed by atoms with Crippen molar-refractivity contribution in [1.29, 1.82) is 5.26 Å². The van der Waals surface area contributed by atoms with E-state index in [0.717, 1.165) is 6.42 Å². The van der Waals surface area contributed by atoms with Gasteiger partial charge < -0.3 is 24.3 Å². The predicted octanol–water partition coefficient (Wildman–Crippen LogP) is 4.19. The Balaban J connectivity index is 1.78. The number of ether oxygens (including phenoxy) is 4. The number of carbonyl (C=O) groups is 1. The van der Waals surface area contributed by atoms with E-state index in [9.17, 15) is 10.1 Å². The van der Waals surface area contributed by atoms with Crippen LogP contribution in [0.25, 0.3) is 6.08 Å². The van der Waals surface area contributed by atoms with Gasteiger partial charge in [0.25, 0.3) is 5.91 Å². The molecule has 0 spiro atoms. The van der Waals surface area contributed by atoms with Crippen LogP contribution in [0.2, 0.25) is 0 Å². The second kappa shape index (κ2) is 10.2. The molecule has 156 valence electrons. The molecule has 2 aromatic rings. The van der Waals surface area contributed by atoms with E-state index in [1.807, 2.05) is 19.9 Å². The lowest BCUT2D eigenvalue weighted by Crippen LogP contribution is -2.17. The molecule has 0 aromatic heterocycles. The van der Waals surface area contributed by atoms with E-state index in [1.165, 1.54) is 6.08 Å². The Morgan fingerprint density at radius 3 is 2.63 bits per heavy atom. The highest BCUT2D eigenvalue weighted by Gasteiger charge is 2.15. The number of carbonyl (C=O) groups excluding carboxylic acids is 1. The van der Waals surface area contributed by atoms with Gasteiger partial charge >= 0.3 is 0 Å². The molecule has 0 aliphatic carbocycles. The molecule has 2 aromatic carbocycles. The van der Waals surface area contributed by atoms with Gasteiger partial charge in [0.15, 0.2) is 23.0 Å². The van der Waals surface area contributed by atoms with Crippen molar-refractivity contribution in [3.63, 3.8) is 0 Å². The van der Waals surface area contributed by atoms with E-state index in [0.29, 0.717) is 60.7 Å². The molecule has 7 heteroatoms. The maximum Gasteiger partial charge on any atom is 0.266 e. The standard InChI is InChI=1S/C23H24N2O5/c1-3-9-28-19-7-5-16(13-21(19)27-4-2)12-17(15-24)23(26)25-18-6-8-20-22(14-18)30-11-10-29-20/h5-8,12-14H,3-4,9-11H2,1-2H3,(H,25,26)/b17-12+. The molecule has 0 unspecified atom stereocenters. The van der Waals surface area contributed by atoms with Crippen LogP contribution in [0.15, 0.2) is 42.0 Å². The van der Waals surface area contributed by atoms with Gasteiger partial charge in [-0.05, 0) is 49.2 Å². The normalized spacial score (nSPS) is 12.6. The largest absolute Gasteiger partial charge is 0.490 e. The first-order valence-electron chi connectivity index (χ1n) is 9.87. The van der Waals surface area contributed by atoms with Gasteiger partial charge in [-0.15, -0.1) is 0 Å². The third kappa shape index (κ3) is 5.23. The molecular formula is C23H24N2O5. The lowest BCUT2D eigenvalue weighted by atomic mass is 10.1. The zero-order chi connectivity index (χ0) is 21.3. The maximum atomic E-state index is 12.6. The summed E-state index contributed by atoms with van der Waals surface area (Å²) in [5, 5.41) is 12.2.